The highest BCUT2D eigenvalue weighted by atomic mass is 35.5. The molecule has 1 amide bonds. The van der Waals surface area contributed by atoms with Gasteiger partial charge in [0, 0.05) is 17.6 Å². The fourth-order valence-corrected chi connectivity index (χ4v) is 3.10. The highest BCUT2D eigenvalue weighted by Crippen LogP contribution is 2.42. The standard InChI is InChI=1S/C16H21F3N2O.ClH/c1-2-15(5-3-4-6-15)14(22)21-13-8-11(10-20)7-12(9-13)16(17,18)19;/h7-9H,2-6,10,20H2,1H3,(H,21,22);1H. The van der Waals surface area contributed by atoms with Gasteiger partial charge in [0.2, 0.25) is 5.91 Å². The lowest BCUT2D eigenvalue weighted by molar-refractivity contribution is -0.137. The van der Waals surface area contributed by atoms with Gasteiger partial charge in [-0.3, -0.25) is 4.79 Å². The molecule has 0 saturated heterocycles. The van der Waals surface area contributed by atoms with E-state index in [2.05, 4.69) is 5.32 Å². The van der Waals surface area contributed by atoms with Gasteiger partial charge >= 0.3 is 6.18 Å². The van der Waals surface area contributed by atoms with Crippen LogP contribution in [0.1, 0.15) is 50.2 Å². The highest BCUT2D eigenvalue weighted by molar-refractivity contribution is 5.95. The van der Waals surface area contributed by atoms with E-state index in [0.717, 1.165) is 37.8 Å². The summed E-state index contributed by atoms with van der Waals surface area (Å²) in [7, 11) is 0. The van der Waals surface area contributed by atoms with Crippen molar-refractivity contribution in [3.8, 4) is 0 Å². The Balaban J connectivity index is 0.00000264. The monoisotopic (exact) mass is 350 g/mol. The molecule has 23 heavy (non-hydrogen) atoms. The van der Waals surface area contributed by atoms with Crippen molar-refractivity contribution in [2.75, 3.05) is 5.32 Å². The van der Waals surface area contributed by atoms with Crippen molar-refractivity contribution in [1.82, 2.24) is 0 Å². The summed E-state index contributed by atoms with van der Waals surface area (Å²) in [4.78, 5) is 12.5. The quantitative estimate of drug-likeness (QED) is 0.840. The van der Waals surface area contributed by atoms with Gasteiger partial charge in [-0.25, -0.2) is 0 Å². The number of anilines is 1. The zero-order valence-corrected chi connectivity index (χ0v) is 13.8. The first-order valence-electron chi connectivity index (χ1n) is 7.53. The Kier molecular flexibility index (Phi) is 6.48. The first-order valence-corrected chi connectivity index (χ1v) is 7.53. The van der Waals surface area contributed by atoms with Gasteiger partial charge in [-0.15, -0.1) is 12.4 Å². The molecule has 7 heteroatoms. The molecule has 1 saturated carbocycles. The Hall–Kier alpha value is -1.27. The second-order valence-corrected chi connectivity index (χ2v) is 5.92. The smallest absolute Gasteiger partial charge is 0.326 e. The molecule has 0 aromatic heterocycles. The summed E-state index contributed by atoms with van der Waals surface area (Å²) in [6.45, 7) is 1.94. The van der Waals surface area contributed by atoms with Crippen LogP contribution in [0.4, 0.5) is 18.9 Å². The van der Waals surface area contributed by atoms with Crippen LogP contribution in [0.25, 0.3) is 0 Å². The lowest BCUT2D eigenvalue weighted by Gasteiger charge is -2.26. The van der Waals surface area contributed by atoms with Gasteiger partial charge in [0.15, 0.2) is 0 Å². The molecule has 1 aromatic rings. The van der Waals surface area contributed by atoms with Crippen LogP contribution in [0.15, 0.2) is 18.2 Å². The number of carbonyl (C=O) groups is 1. The summed E-state index contributed by atoms with van der Waals surface area (Å²) in [6, 6.07) is 3.49. The summed E-state index contributed by atoms with van der Waals surface area (Å²) in [5.74, 6) is -0.185. The zero-order chi connectivity index (χ0) is 16.4. The van der Waals surface area contributed by atoms with E-state index in [4.69, 9.17) is 5.73 Å². The molecule has 3 N–H and O–H groups in total. The number of halogens is 4. The number of amides is 1. The second kappa shape index (κ2) is 7.53. The molecule has 1 aliphatic rings. The van der Waals surface area contributed by atoms with Crippen LogP contribution in [0, 0.1) is 5.41 Å². The molecule has 0 unspecified atom stereocenters. The molecular weight excluding hydrogens is 329 g/mol. The third-order valence-electron chi connectivity index (χ3n) is 4.53. The molecule has 3 nitrogen and oxygen atoms in total. The zero-order valence-electron chi connectivity index (χ0n) is 13.0. The van der Waals surface area contributed by atoms with Gasteiger partial charge < -0.3 is 11.1 Å². The summed E-state index contributed by atoms with van der Waals surface area (Å²) < 4.78 is 38.7. The Morgan fingerprint density at radius 1 is 1.26 bits per heavy atom. The van der Waals surface area contributed by atoms with E-state index in [0.29, 0.717) is 12.0 Å². The van der Waals surface area contributed by atoms with Crippen molar-refractivity contribution in [1.29, 1.82) is 0 Å². The molecule has 2 rings (SSSR count). The van der Waals surface area contributed by atoms with Gasteiger partial charge in [0.05, 0.1) is 5.56 Å². The van der Waals surface area contributed by atoms with Crippen LogP contribution in [0.5, 0.6) is 0 Å². The first kappa shape index (κ1) is 19.8. The maximum Gasteiger partial charge on any atom is 0.416 e. The number of rotatable bonds is 4. The predicted molar refractivity (Wildman–Crippen MR) is 86.4 cm³/mol. The van der Waals surface area contributed by atoms with Gasteiger partial charge in [-0.05, 0) is 43.0 Å². The van der Waals surface area contributed by atoms with Crippen LogP contribution >= 0.6 is 12.4 Å². The van der Waals surface area contributed by atoms with Crippen LogP contribution in [-0.2, 0) is 17.5 Å². The van der Waals surface area contributed by atoms with E-state index in [1.807, 2.05) is 6.92 Å². The summed E-state index contributed by atoms with van der Waals surface area (Å²) in [5, 5.41) is 2.67. The largest absolute Gasteiger partial charge is 0.416 e. The number of benzene rings is 1. The summed E-state index contributed by atoms with van der Waals surface area (Å²) in [6.07, 6.45) is -0.214. The number of carbonyl (C=O) groups excluding carboxylic acids is 1. The van der Waals surface area contributed by atoms with E-state index in [1.54, 1.807) is 0 Å². The van der Waals surface area contributed by atoms with Crippen molar-refractivity contribution in [3.05, 3.63) is 29.3 Å². The van der Waals surface area contributed by atoms with E-state index in [-0.39, 0.29) is 30.5 Å². The number of hydrogen-bond donors (Lipinski definition) is 2. The van der Waals surface area contributed by atoms with E-state index >= 15 is 0 Å². The molecule has 0 spiro atoms. The van der Waals surface area contributed by atoms with Gasteiger partial charge in [-0.2, -0.15) is 13.2 Å². The lowest BCUT2D eigenvalue weighted by atomic mass is 9.82. The minimum Gasteiger partial charge on any atom is -0.326 e. The molecule has 1 fully saturated rings. The molecule has 0 bridgehead atoms. The van der Waals surface area contributed by atoms with Crippen molar-refractivity contribution < 1.29 is 18.0 Å². The Morgan fingerprint density at radius 3 is 2.35 bits per heavy atom. The minimum atomic E-state index is -4.46. The van der Waals surface area contributed by atoms with Crippen molar-refractivity contribution in [2.45, 2.75) is 51.7 Å². The molecule has 1 aromatic carbocycles. The summed E-state index contributed by atoms with van der Waals surface area (Å²) in [5.41, 5.74) is 4.74. The first-order chi connectivity index (χ1) is 10.3. The maximum atomic E-state index is 12.9. The number of nitrogens with one attached hydrogen (secondary N) is 1. The number of hydrogen-bond acceptors (Lipinski definition) is 2. The lowest BCUT2D eigenvalue weighted by Crippen LogP contribution is -2.33. The Labute approximate surface area is 140 Å². The SMILES string of the molecule is CCC1(C(=O)Nc2cc(CN)cc(C(F)(F)F)c2)CCCC1.Cl. The Morgan fingerprint density at radius 2 is 1.87 bits per heavy atom. The predicted octanol–water partition coefficient (Wildman–Crippen LogP) is 4.49. The second-order valence-electron chi connectivity index (χ2n) is 5.92. The minimum absolute atomic E-state index is 0. The maximum absolute atomic E-state index is 12.9. The molecular formula is C16H22ClF3N2O. The average Bonchev–Trinajstić information content (AvgIpc) is 2.96. The van der Waals surface area contributed by atoms with E-state index < -0.39 is 17.2 Å². The third kappa shape index (κ3) is 4.38. The molecule has 0 heterocycles. The van der Waals surface area contributed by atoms with E-state index in [1.165, 1.54) is 6.07 Å². The van der Waals surface area contributed by atoms with E-state index in [9.17, 15) is 18.0 Å². The molecule has 130 valence electrons. The molecule has 0 aliphatic heterocycles. The fraction of sp³-hybridized carbons (Fsp3) is 0.562. The van der Waals surface area contributed by atoms with Gasteiger partial charge in [-0.1, -0.05) is 19.8 Å². The van der Waals surface area contributed by atoms with Crippen LogP contribution < -0.4 is 11.1 Å². The van der Waals surface area contributed by atoms with Gasteiger partial charge in [0.25, 0.3) is 0 Å². The van der Waals surface area contributed by atoms with Crippen LogP contribution in [0.3, 0.4) is 0 Å². The van der Waals surface area contributed by atoms with Crippen LogP contribution in [-0.4, -0.2) is 5.91 Å². The Bertz CT molecular complexity index is 555. The van der Waals surface area contributed by atoms with Crippen molar-refractivity contribution >= 4 is 24.0 Å². The third-order valence-corrected chi connectivity index (χ3v) is 4.53. The van der Waals surface area contributed by atoms with Crippen LogP contribution in [0.2, 0.25) is 0 Å². The summed E-state index contributed by atoms with van der Waals surface area (Å²) >= 11 is 0. The number of nitrogens with two attached hydrogens (primary N) is 1. The topological polar surface area (TPSA) is 55.1 Å². The van der Waals surface area contributed by atoms with Gasteiger partial charge in [0.1, 0.15) is 0 Å². The number of alkyl halides is 3. The molecule has 1 aliphatic carbocycles. The van der Waals surface area contributed by atoms with Crippen molar-refractivity contribution in [2.24, 2.45) is 11.1 Å². The highest BCUT2D eigenvalue weighted by Gasteiger charge is 2.39. The molecule has 0 radical (unpaired) electrons. The normalized spacial score (nSPS) is 16.7. The average molecular weight is 351 g/mol. The molecule has 0 atom stereocenters. The fourth-order valence-electron chi connectivity index (χ4n) is 3.10. The van der Waals surface area contributed by atoms with Crippen molar-refractivity contribution in [3.63, 3.8) is 0 Å².